The summed E-state index contributed by atoms with van der Waals surface area (Å²) in [6.07, 6.45) is -1.05. The highest BCUT2D eigenvalue weighted by molar-refractivity contribution is 5.59. The second kappa shape index (κ2) is 6.94. The fourth-order valence-electron chi connectivity index (χ4n) is 2.95. The quantitative estimate of drug-likeness (QED) is 0.893. The van der Waals surface area contributed by atoms with Gasteiger partial charge in [0.25, 0.3) is 0 Å². The van der Waals surface area contributed by atoms with E-state index in [4.69, 9.17) is 9.15 Å². The molecule has 7 heteroatoms. The van der Waals surface area contributed by atoms with Crippen LogP contribution in [0.3, 0.4) is 0 Å². The average molecular weight is 340 g/mol. The van der Waals surface area contributed by atoms with Gasteiger partial charge in [0.1, 0.15) is 6.26 Å². The maximum atomic E-state index is 13.1. The minimum atomic E-state index is -4.45. The maximum Gasteiger partial charge on any atom is 0.417 e. The Morgan fingerprint density at radius 1 is 1.29 bits per heavy atom. The lowest BCUT2D eigenvalue weighted by atomic mass is 10.1. The van der Waals surface area contributed by atoms with E-state index in [1.54, 1.807) is 0 Å². The Bertz CT molecular complexity index is 684. The molecule has 24 heavy (non-hydrogen) atoms. The molecule has 0 amide bonds. The van der Waals surface area contributed by atoms with Crippen molar-refractivity contribution in [3.05, 3.63) is 41.8 Å². The van der Waals surface area contributed by atoms with Gasteiger partial charge in [-0.3, -0.25) is 0 Å². The van der Waals surface area contributed by atoms with Crippen molar-refractivity contribution in [2.45, 2.75) is 44.6 Å². The van der Waals surface area contributed by atoms with E-state index < -0.39 is 11.7 Å². The monoisotopic (exact) mass is 340 g/mol. The highest BCUT2D eigenvalue weighted by Crippen LogP contribution is 2.36. The molecule has 130 valence electrons. The van der Waals surface area contributed by atoms with E-state index in [2.05, 4.69) is 17.2 Å². The number of aromatic nitrogens is 1. The highest BCUT2D eigenvalue weighted by atomic mass is 19.4. The molecule has 1 aliphatic rings. The summed E-state index contributed by atoms with van der Waals surface area (Å²) in [6, 6.07) is 5.51. The van der Waals surface area contributed by atoms with Crippen LogP contribution in [0.1, 0.15) is 31.0 Å². The Morgan fingerprint density at radius 2 is 2.08 bits per heavy atom. The Kier molecular flexibility index (Phi) is 4.91. The van der Waals surface area contributed by atoms with Crippen molar-refractivity contribution in [1.29, 1.82) is 0 Å². The summed E-state index contributed by atoms with van der Waals surface area (Å²) >= 11 is 0. The van der Waals surface area contributed by atoms with Gasteiger partial charge >= 0.3 is 6.18 Å². The van der Waals surface area contributed by atoms with E-state index in [-0.39, 0.29) is 23.6 Å². The lowest BCUT2D eigenvalue weighted by molar-refractivity contribution is -0.137. The molecule has 0 radical (unpaired) electrons. The van der Waals surface area contributed by atoms with Crippen LogP contribution >= 0.6 is 0 Å². The molecule has 1 fully saturated rings. The third-order valence-corrected chi connectivity index (χ3v) is 4.17. The van der Waals surface area contributed by atoms with Gasteiger partial charge in [-0.15, -0.1) is 0 Å². The first-order valence-electron chi connectivity index (χ1n) is 7.95. The molecule has 1 aliphatic heterocycles. The van der Waals surface area contributed by atoms with Crippen LogP contribution in [0.5, 0.6) is 0 Å². The SMILES string of the molecule is CC[C@@H]1OCC[C@H]1NCc1coc(-c2ccccc2C(F)(F)F)n1. The number of nitrogens with one attached hydrogen (secondary N) is 1. The molecule has 0 bridgehead atoms. The predicted octanol–water partition coefficient (Wildman–Crippen LogP) is 4.02. The Labute approximate surface area is 138 Å². The van der Waals surface area contributed by atoms with Crippen molar-refractivity contribution in [3.63, 3.8) is 0 Å². The number of halogens is 3. The highest BCUT2D eigenvalue weighted by Gasteiger charge is 2.34. The molecule has 4 nitrogen and oxygen atoms in total. The number of hydrogen-bond donors (Lipinski definition) is 1. The molecule has 0 saturated carbocycles. The summed E-state index contributed by atoms with van der Waals surface area (Å²) in [6.45, 7) is 3.22. The molecular formula is C17H19F3N2O2. The first-order valence-corrected chi connectivity index (χ1v) is 7.95. The number of oxazole rings is 1. The predicted molar refractivity (Wildman–Crippen MR) is 82.2 cm³/mol. The minimum Gasteiger partial charge on any atom is -0.444 e. The van der Waals surface area contributed by atoms with E-state index >= 15 is 0 Å². The molecule has 2 aromatic rings. The van der Waals surface area contributed by atoms with Gasteiger partial charge < -0.3 is 14.5 Å². The lowest BCUT2D eigenvalue weighted by Gasteiger charge is -2.17. The number of hydrogen-bond acceptors (Lipinski definition) is 4. The van der Waals surface area contributed by atoms with Gasteiger partial charge in [-0.25, -0.2) is 4.98 Å². The van der Waals surface area contributed by atoms with Crippen LogP contribution in [0.25, 0.3) is 11.5 Å². The normalized spacial score (nSPS) is 21.3. The van der Waals surface area contributed by atoms with Crippen molar-refractivity contribution >= 4 is 0 Å². The van der Waals surface area contributed by atoms with Gasteiger partial charge in [0, 0.05) is 24.8 Å². The number of benzene rings is 1. The summed E-state index contributed by atoms with van der Waals surface area (Å²) in [5.74, 6) is -0.0190. The third kappa shape index (κ3) is 3.62. The number of ether oxygens (including phenoxy) is 1. The van der Waals surface area contributed by atoms with Gasteiger partial charge in [0.2, 0.25) is 5.89 Å². The van der Waals surface area contributed by atoms with E-state index in [9.17, 15) is 13.2 Å². The molecule has 1 N–H and O–H groups in total. The first-order chi connectivity index (χ1) is 11.5. The standard InChI is InChI=1S/C17H19F3N2O2/c1-2-15-14(7-8-23-15)21-9-11-10-24-16(22-11)12-5-3-4-6-13(12)17(18,19)20/h3-6,10,14-15,21H,2,7-9H2,1H3/t14-,15+/m1/s1. The summed E-state index contributed by atoms with van der Waals surface area (Å²) in [5, 5.41) is 3.34. The maximum absolute atomic E-state index is 13.1. The van der Waals surface area contributed by atoms with Crippen molar-refractivity contribution in [2.24, 2.45) is 0 Å². The van der Waals surface area contributed by atoms with Crippen LogP contribution in [-0.4, -0.2) is 23.7 Å². The van der Waals surface area contributed by atoms with Crippen LogP contribution in [0, 0.1) is 0 Å². The molecule has 3 rings (SSSR count). The summed E-state index contributed by atoms with van der Waals surface area (Å²) < 4.78 is 50.1. The zero-order chi connectivity index (χ0) is 17.2. The largest absolute Gasteiger partial charge is 0.444 e. The minimum absolute atomic E-state index is 0.0190. The fraction of sp³-hybridized carbons (Fsp3) is 0.471. The molecule has 0 unspecified atom stereocenters. The molecule has 0 spiro atoms. The molecule has 2 atom stereocenters. The summed E-state index contributed by atoms with van der Waals surface area (Å²) in [5.41, 5.74) is -0.225. The van der Waals surface area contributed by atoms with Crippen LogP contribution in [-0.2, 0) is 17.5 Å². The molecule has 2 heterocycles. The summed E-state index contributed by atoms with van der Waals surface area (Å²) in [7, 11) is 0. The Balaban J connectivity index is 1.72. The molecule has 1 aromatic carbocycles. The van der Waals surface area contributed by atoms with E-state index in [0.29, 0.717) is 12.2 Å². The van der Waals surface area contributed by atoms with Crippen molar-refractivity contribution in [3.8, 4) is 11.5 Å². The molecule has 1 saturated heterocycles. The number of rotatable bonds is 5. The van der Waals surface area contributed by atoms with Gasteiger partial charge in [0.15, 0.2) is 0 Å². The van der Waals surface area contributed by atoms with Crippen LogP contribution in [0.2, 0.25) is 0 Å². The van der Waals surface area contributed by atoms with E-state index in [1.165, 1.54) is 24.5 Å². The fourth-order valence-corrected chi connectivity index (χ4v) is 2.95. The third-order valence-electron chi connectivity index (χ3n) is 4.17. The topological polar surface area (TPSA) is 47.3 Å². The van der Waals surface area contributed by atoms with Crippen molar-refractivity contribution in [2.75, 3.05) is 6.61 Å². The zero-order valence-electron chi connectivity index (χ0n) is 13.3. The lowest BCUT2D eigenvalue weighted by Crippen LogP contribution is -2.35. The van der Waals surface area contributed by atoms with Crippen LogP contribution in [0.4, 0.5) is 13.2 Å². The van der Waals surface area contributed by atoms with Crippen LogP contribution in [0.15, 0.2) is 34.9 Å². The van der Waals surface area contributed by atoms with E-state index in [1.807, 2.05) is 0 Å². The zero-order valence-corrected chi connectivity index (χ0v) is 13.3. The number of nitrogens with zero attached hydrogens (tertiary/aromatic N) is 1. The second-order valence-corrected chi connectivity index (χ2v) is 5.78. The Morgan fingerprint density at radius 3 is 2.83 bits per heavy atom. The number of alkyl halides is 3. The molecule has 0 aliphatic carbocycles. The Hall–Kier alpha value is -1.86. The average Bonchev–Trinajstić information content (AvgIpc) is 3.21. The van der Waals surface area contributed by atoms with Gasteiger partial charge in [-0.05, 0) is 25.0 Å². The second-order valence-electron chi connectivity index (χ2n) is 5.78. The van der Waals surface area contributed by atoms with Gasteiger partial charge in [-0.1, -0.05) is 19.1 Å². The smallest absolute Gasteiger partial charge is 0.417 e. The van der Waals surface area contributed by atoms with Gasteiger partial charge in [-0.2, -0.15) is 13.2 Å². The first kappa shape index (κ1) is 17.0. The van der Waals surface area contributed by atoms with Gasteiger partial charge in [0.05, 0.1) is 17.4 Å². The molecule has 1 aromatic heterocycles. The molecular weight excluding hydrogens is 321 g/mol. The summed E-state index contributed by atoms with van der Waals surface area (Å²) in [4.78, 5) is 4.20. The van der Waals surface area contributed by atoms with Crippen LogP contribution < -0.4 is 5.32 Å². The van der Waals surface area contributed by atoms with E-state index in [0.717, 1.165) is 25.5 Å². The van der Waals surface area contributed by atoms with Crippen molar-refractivity contribution < 1.29 is 22.3 Å². The van der Waals surface area contributed by atoms with Crippen molar-refractivity contribution in [1.82, 2.24) is 10.3 Å².